The van der Waals surface area contributed by atoms with Crippen molar-refractivity contribution in [1.29, 1.82) is 0 Å². The minimum Gasteiger partial charge on any atom is -0.368 e. The van der Waals surface area contributed by atoms with E-state index in [0.29, 0.717) is 11.0 Å². The van der Waals surface area contributed by atoms with Gasteiger partial charge in [-0.2, -0.15) is 4.98 Å². The van der Waals surface area contributed by atoms with Crippen LogP contribution in [0.25, 0.3) is 0 Å². The third-order valence-electron chi connectivity index (χ3n) is 1.44. The number of halogens is 1. The fourth-order valence-electron chi connectivity index (χ4n) is 0.801. The van der Waals surface area contributed by atoms with E-state index in [1.54, 1.807) is 12.1 Å². The highest BCUT2D eigenvalue weighted by atomic mass is 35.5. The van der Waals surface area contributed by atoms with Gasteiger partial charge >= 0.3 is 0 Å². The summed E-state index contributed by atoms with van der Waals surface area (Å²) in [6, 6.07) is 1.73. The molecule has 1 unspecified atom stereocenters. The van der Waals surface area contributed by atoms with Crippen molar-refractivity contribution in [2.24, 2.45) is 0 Å². The van der Waals surface area contributed by atoms with Crippen LogP contribution in [0, 0.1) is 0 Å². The zero-order chi connectivity index (χ0) is 9.84. The molecule has 1 aromatic heterocycles. The van der Waals surface area contributed by atoms with E-state index in [-0.39, 0.29) is 12.0 Å². The van der Waals surface area contributed by atoms with Gasteiger partial charge in [0.2, 0.25) is 5.95 Å². The topological polar surface area (TPSA) is 63.8 Å². The largest absolute Gasteiger partial charge is 0.368 e. The van der Waals surface area contributed by atoms with Crippen LogP contribution in [-0.2, 0) is 0 Å². The lowest BCUT2D eigenvalue weighted by atomic mass is 10.3. The van der Waals surface area contributed by atoms with Crippen LogP contribution in [0.15, 0.2) is 18.7 Å². The van der Waals surface area contributed by atoms with Gasteiger partial charge < -0.3 is 11.1 Å². The van der Waals surface area contributed by atoms with E-state index in [9.17, 15) is 0 Å². The van der Waals surface area contributed by atoms with Gasteiger partial charge in [0.15, 0.2) is 0 Å². The second-order valence-corrected chi connectivity index (χ2v) is 2.99. The Hall–Kier alpha value is -1.29. The van der Waals surface area contributed by atoms with Crippen molar-refractivity contribution < 1.29 is 0 Å². The first-order chi connectivity index (χ1) is 6.11. The molecule has 0 spiro atoms. The molecule has 0 radical (unpaired) electrons. The average molecular weight is 199 g/mol. The highest BCUT2D eigenvalue weighted by Crippen LogP contribution is 2.13. The van der Waals surface area contributed by atoms with E-state index in [2.05, 4.69) is 21.9 Å². The van der Waals surface area contributed by atoms with Crippen molar-refractivity contribution in [3.8, 4) is 0 Å². The molecule has 1 heterocycles. The molecule has 0 aliphatic carbocycles. The normalized spacial score (nSPS) is 12.2. The van der Waals surface area contributed by atoms with Gasteiger partial charge in [-0.25, -0.2) is 4.98 Å². The van der Waals surface area contributed by atoms with Crippen LogP contribution in [0.4, 0.5) is 11.8 Å². The molecule has 3 N–H and O–H groups in total. The maximum atomic E-state index is 5.68. The van der Waals surface area contributed by atoms with Crippen LogP contribution in [-0.4, -0.2) is 16.0 Å². The van der Waals surface area contributed by atoms with Gasteiger partial charge in [-0.3, -0.25) is 0 Å². The second kappa shape index (κ2) is 4.09. The summed E-state index contributed by atoms with van der Waals surface area (Å²) >= 11 is 5.68. The van der Waals surface area contributed by atoms with E-state index >= 15 is 0 Å². The molecule has 0 bridgehead atoms. The zero-order valence-electron chi connectivity index (χ0n) is 7.29. The van der Waals surface area contributed by atoms with Crippen LogP contribution in [0.3, 0.4) is 0 Å². The number of nitrogens with zero attached hydrogens (tertiary/aromatic N) is 2. The van der Waals surface area contributed by atoms with E-state index in [1.165, 1.54) is 0 Å². The van der Waals surface area contributed by atoms with E-state index in [0.717, 1.165) is 0 Å². The molecule has 0 saturated carbocycles. The molecule has 5 heteroatoms. The summed E-state index contributed by atoms with van der Waals surface area (Å²) in [7, 11) is 0. The monoisotopic (exact) mass is 198 g/mol. The third-order valence-corrected chi connectivity index (χ3v) is 1.63. The van der Waals surface area contributed by atoms with Crippen molar-refractivity contribution in [2.75, 3.05) is 11.1 Å². The molecule has 0 amide bonds. The molecule has 0 fully saturated rings. The Kier molecular flexibility index (Phi) is 3.08. The lowest BCUT2D eigenvalue weighted by Gasteiger charge is -2.09. The van der Waals surface area contributed by atoms with Crippen LogP contribution in [0.2, 0.25) is 5.15 Å². The third kappa shape index (κ3) is 2.91. The quantitative estimate of drug-likeness (QED) is 0.573. The first-order valence-electron chi connectivity index (χ1n) is 3.81. The van der Waals surface area contributed by atoms with Gasteiger partial charge in [-0.15, -0.1) is 6.58 Å². The summed E-state index contributed by atoms with van der Waals surface area (Å²) in [4.78, 5) is 7.68. The highest BCUT2D eigenvalue weighted by molar-refractivity contribution is 6.29. The van der Waals surface area contributed by atoms with Crippen molar-refractivity contribution in [1.82, 2.24) is 9.97 Å². The first kappa shape index (κ1) is 9.80. The van der Waals surface area contributed by atoms with Crippen LogP contribution in [0.5, 0.6) is 0 Å². The summed E-state index contributed by atoms with van der Waals surface area (Å²) in [5, 5.41) is 3.36. The number of aromatic nitrogens is 2. The summed E-state index contributed by atoms with van der Waals surface area (Å²) in [6.45, 7) is 5.58. The smallest absolute Gasteiger partial charge is 0.223 e. The molecule has 0 aliphatic heterocycles. The Morgan fingerprint density at radius 2 is 2.38 bits per heavy atom. The summed E-state index contributed by atoms with van der Waals surface area (Å²) in [5.74, 6) is 0.760. The number of nitrogen functional groups attached to an aromatic ring is 1. The van der Waals surface area contributed by atoms with Gasteiger partial charge in [0.25, 0.3) is 0 Å². The second-order valence-electron chi connectivity index (χ2n) is 2.60. The van der Waals surface area contributed by atoms with E-state index < -0.39 is 0 Å². The predicted molar refractivity (Wildman–Crippen MR) is 54.7 cm³/mol. The summed E-state index contributed by atoms with van der Waals surface area (Å²) in [6.07, 6.45) is 1.76. The van der Waals surface area contributed by atoms with Crippen molar-refractivity contribution in [3.63, 3.8) is 0 Å². The summed E-state index contributed by atoms with van der Waals surface area (Å²) in [5.41, 5.74) is 5.40. The molecule has 1 aromatic rings. The van der Waals surface area contributed by atoms with E-state index in [1.807, 2.05) is 6.92 Å². The number of nitrogens with two attached hydrogens (primary N) is 1. The minimum atomic E-state index is 0.116. The molecule has 4 nitrogen and oxygen atoms in total. The number of nitrogens with one attached hydrogen (secondary N) is 1. The fraction of sp³-hybridized carbons (Fsp3) is 0.250. The van der Waals surface area contributed by atoms with Gasteiger partial charge in [0.05, 0.1) is 0 Å². The summed E-state index contributed by atoms with van der Waals surface area (Å²) < 4.78 is 0. The Morgan fingerprint density at radius 3 is 2.92 bits per heavy atom. The molecule has 13 heavy (non-hydrogen) atoms. The maximum absolute atomic E-state index is 5.68. The molecular weight excluding hydrogens is 188 g/mol. The lowest BCUT2D eigenvalue weighted by molar-refractivity contribution is 0.979. The van der Waals surface area contributed by atoms with Crippen LogP contribution in [0.1, 0.15) is 6.92 Å². The van der Waals surface area contributed by atoms with Gasteiger partial charge in [-0.1, -0.05) is 17.7 Å². The van der Waals surface area contributed by atoms with Gasteiger partial charge in [-0.05, 0) is 6.92 Å². The molecular formula is C8H11ClN4. The van der Waals surface area contributed by atoms with Gasteiger partial charge in [0, 0.05) is 12.1 Å². The Labute approximate surface area is 81.8 Å². The van der Waals surface area contributed by atoms with E-state index in [4.69, 9.17) is 17.3 Å². The van der Waals surface area contributed by atoms with Crippen molar-refractivity contribution >= 4 is 23.4 Å². The van der Waals surface area contributed by atoms with Gasteiger partial charge in [0.1, 0.15) is 11.0 Å². The SMILES string of the molecule is C=CC(C)Nc1cc(Cl)nc(N)n1. The molecule has 0 saturated heterocycles. The Bertz CT molecular complexity index is 293. The van der Waals surface area contributed by atoms with Crippen molar-refractivity contribution in [3.05, 3.63) is 23.9 Å². The van der Waals surface area contributed by atoms with Crippen LogP contribution < -0.4 is 11.1 Å². The average Bonchev–Trinajstić information content (AvgIpc) is 2.02. The lowest BCUT2D eigenvalue weighted by Crippen LogP contribution is -2.13. The number of anilines is 2. The standard InChI is InChI=1S/C8H11ClN4/c1-3-5(2)11-7-4-6(9)12-8(10)13-7/h3-5H,1H2,2H3,(H3,10,11,12,13). The van der Waals surface area contributed by atoms with Crippen molar-refractivity contribution in [2.45, 2.75) is 13.0 Å². The number of rotatable bonds is 3. The number of hydrogen-bond donors (Lipinski definition) is 2. The fourth-order valence-corrected chi connectivity index (χ4v) is 0.991. The first-order valence-corrected chi connectivity index (χ1v) is 4.19. The molecule has 1 rings (SSSR count). The molecule has 0 aromatic carbocycles. The highest BCUT2D eigenvalue weighted by Gasteiger charge is 2.01. The molecule has 0 aliphatic rings. The number of hydrogen-bond acceptors (Lipinski definition) is 4. The maximum Gasteiger partial charge on any atom is 0.223 e. The van der Waals surface area contributed by atoms with Crippen LogP contribution >= 0.6 is 11.6 Å². The molecule has 70 valence electrons. The Morgan fingerprint density at radius 1 is 1.69 bits per heavy atom. The Balaban J connectivity index is 2.82. The molecule has 1 atom stereocenters. The zero-order valence-corrected chi connectivity index (χ0v) is 8.04. The predicted octanol–water partition coefficient (Wildman–Crippen LogP) is 1.70. The minimum absolute atomic E-state index is 0.116.